The molecule has 0 bridgehead atoms. The van der Waals surface area contributed by atoms with Crippen molar-refractivity contribution in [2.24, 2.45) is 0 Å². The first-order chi connectivity index (χ1) is 6.65. The molecule has 0 saturated heterocycles. The average Bonchev–Trinajstić information content (AvgIpc) is 2.17. The molecule has 0 saturated carbocycles. The van der Waals surface area contributed by atoms with E-state index >= 15 is 0 Å². The van der Waals surface area contributed by atoms with Crippen LogP contribution < -0.4 is 10.2 Å². The van der Waals surface area contributed by atoms with Crippen LogP contribution in [-0.4, -0.2) is 25.1 Å². The molecule has 14 heavy (non-hydrogen) atoms. The van der Waals surface area contributed by atoms with Crippen LogP contribution >= 0.6 is 0 Å². The first kappa shape index (κ1) is 11.0. The molecule has 0 amide bonds. The molecule has 0 atom stereocenters. The van der Waals surface area contributed by atoms with E-state index in [1.165, 1.54) is 0 Å². The topological polar surface area (TPSA) is 28.2 Å². The van der Waals surface area contributed by atoms with Gasteiger partial charge in [-0.25, -0.2) is 4.98 Å². The van der Waals surface area contributed by atoms with Crippen LogP contribution in [0.25, 0.3) is 0 Å². The minimum absolute atomic E-state index is 0.479. The fourth-order valence-electron chi connectivity index (χ4n) is 1.21. The third kappa shape index (κ3) is 2.70. The summed E-state index contributed by atoms with van der Waals surface area (Å²) in [7, 11) is 4.00. The number of pyridine rings is 1. The Morgan fingerprint density at radius 2 is 2.14 bits per heavy atom. The predicted octanol–water partition coefficient (Wildman–Crippen LogP) is 1.65. The van der Waals surface area contributed by atoms with Gasteiger partial charge >= 0.3 is 0 Å². The van der Waals surface area contributed by atoms with Crippen LogP contribution in [-0.2, 0) is 6.54 Å². The van der Waals surface area contributed by atoms with Crippen LogP contribution in [0, 0.1) is 0 Å². The highest BCUT2D eigenvalue weighted by Gasteiger charge is 2.05. The Bertz CT molecular complexity index is 284. The first-order valence-electron chi connectivity index (χ1n) is 4.98. The van der Waals surface area contributed by atoms with E-state index in [1.54, 1.807) is 0 Å². The van der Waals surface area contributed by atoms with Crippen molar-refractivity contribution >= 4 is 5.82 Å². The zero-order valence-electron chi connectivity index (χ0n) is 9.41. The number of anilines is 1. The van der Waals surface area contributed by atoms with Crippen LogP contribution in [0.15, 0.2) is 18.2 Å². The second-order valence-corrected chi connectivity index (χ2v) is 3.72. The number of rotatable bonds is 4. The summed E-state index contributed by atoms with van der Waals surface area (Å²) in [5.74, 6) is 1.03. The smallest absolute Gasteiger partial charge is 0.128 e. The van der Waals surface area contributed by atoms with Gasteiger partial charge in [0.05, 0.1) is 5.69 Å². The molecule has 3 heteroatoms. The monoisotopic (exact) mass is 193 g/mol. The van der Waals surface area contributed by atoms with Crippen molar-refractivity contribution in [2.75, 3.05) is 19.0 Å². The lowest BCUT2D eigenvalue weighted by Crippen LogP contribution is -2.26. The van der Waals surface area contributed by atoms with Gasteiger partial charge in [0.1, 0.15) is 5.82 Å². The lowest BCUT2D eigenvalue weighted by Gasteiger charge is -2.22. The van der Waals surface area contributed by atoms with Crippen LogP contribution in [0.3, 0.4) is 0 Å². The number of aromatic nitrogens is 1. The molecular formula is C11H19N3. The number of nitrogens with zero attached hydrogens (tertiary/aromatic N) is 2. The minimum atomic E-state index is 0.479. The highest BCUT2D eigenvalue weighted by atomic mass is 15.2. The molecule has 78 valence electrons. The molecule has 1 heterocycles. The third-order valence-electron chi connectivity index (χ3n) is 2.29. The minimum Gasteiger partial charge on any atom is -0.357 e. The number of nitrogens with one attached hydrogen (secondary N) is 1. The van der Waals surface area contributed by atoms with E-state index in [9.17, 15) is 0 Å². The molecule has 3 nitrogen and oxygen atoms in total. The molecule has 1 aromatic heterocycles. The summed E-state index contributed by atoms with van der Waals surface area (Å²) in [6, 6.07) is 6.61. The standard InChI is InChI=1S/C11H19N3/c1-9(2)14(4)11-7-5-6-10(13-11)8-12-3/h5-7,9,12H,8H2,1-4H3. The lowest BCUT2D eigenvalue weighted by atomic mass is 10.3. The summed E-state index contributed by atoms with van der Waals surface area (Å²) in [6.45, 7) is 5.14. The van der Waals surface area contributed by atoms with Gasteiger partial charge in [0, 0.05) is 19.6 Å². The van der Waals surface area contributed by atoms with E-state index in [1.807, 2.05) is 25.2 Å². The molecule has 0 radical (unpaired) electrons. The second-order valence-electron chi connectivity index (χ2n) is 3.72. The largest absolute Gasteiger partial charge is 0.357 e. The van der Waals surface area contributed by atoms with Gasteiger partial charge in [-0.05, 0) is 33.0 Å². The van der Waals surface area contributed by atoms with Crippen molar-refractivity contribution in [3.05, 3.63) is 23.9 Å². The normalized spacial score (nSPS) is 10.6. The molecule has 0 spiro atoms. The summed E-state index contributed by atoms with van der Waals surface area (Å²) < 4.78 is 0. The van der Waals surface area contributed by atoms with E-state index in [0.29, 0.717) is 6.04 Å². The molecule has 1 rings (SSSR count). The molecule has 0 aromatic carbocycles. The average molecular weight is 193 g/mol. The van der Waals surface area contributed by atoms with Crippen LogP contribution in [0.2, 0.25) is 0 Å². The van der Waals surface area contributed by atoms with E-state index in [2.05, 4.69) is 36.1 Å². The molecular weight excluding hydrogens is 174 g/mol. The van der Waals surface area contributed by atoms with E-state index in [0.717, 1.165) is 18.1 Å². The molecule has 1 aromatic rings. The van der Waals surface area contributed by atoms with Gasteiger partial charge < -0.3 is 10.2 Å². The summed E-state index contributed by atoms with van der Waals surface area (Å²) in [5.41, 5.74) is 1.08. The Kier molecular flexibility index (Phi) is 3.89. The van der Waals surface area contributed by atoms with Gasteiger partial charge in [0.25, 0.3) is 0 Å². The Labute approximate surface area is 86.2 Å². The molecule has 0 fully saturated rings. The zero-order valence-corrected chi connectivity index (χ0v) is 9.41. The van der Waals surface area contributed by atoms with Gasteiger partial charge in [-0.1, -0.05) is 6.07 Å². The third-order valence-corrected chi connectivity index (χ3v) is 2.29. The van der Waals surface area contributed by atoms with Crippen LogP contribution in [0.4, 0.5) is 5.82 Å². The highest BCUT2D eigenvalue weighted by Crippen LogP contribution is 2.12. The van der Waals surface area contributed by atoms with Gasteiger partial charge in [-0.3, -0.25) is 0 Å². The Balaban J connectivity index is 2.82. The number of hydrogen-bond acceptors (Lipinski definition) is 3. The summed E-state index contributed by atoms with van der Waals surface area (Å²) in [4.78, 5) is 6.71. The SMILES string of the molecule is CNCc1cccc(N(C)C(C)C)n1. The molecule has 1 N–H and O–H groups in total. The highest BCUT2D eigenvalue weighted by molar-refractivity contribution is 5.39. The maximum Gasteiger partial charge on any atom is 0.128 e. The van der Waals surface area contributed by atoms with Crippen LogP contribution in [0.1, 0.15) is 19.5 Å². The fourth-order valence-corrected chi connectivity index (χ4v) is 1.21. The van der Waals surface area contributed by atoms with Crippen molar-refractivity contribution < 1.29 is 0 Å². The van der Waals surface area contributed by atoms with Crippen molar-refractivity contribution in [1.82, 2.24) is 10.3 Å². The predicted molar refractivity (Wildman–Crippen MR) is 60.5 cm³/mol. The van der Waals surface area contributed by atoms with Crippen LogP contribution in [0.5, 0.6) is 0 Å². The zero-order chi connectivity index (χ0) is 10.6. The fraction of sp³-hybridized carbons (Fsp3) is 0.545. The Morgan fingerprint density at radius 3 is 2.71 bits per heavy atom. The van der Waals surface area contributed by atoms with E-state index < -0.39 is 0 Å². The molecule has 0 aliphatic rings. The van der Waals surface area contributed by atoms with E-state index in [4.69, 9.17) is 0 Å². The summed E-state index contributed by atoms with van der Waals surface area (Å²) in [6.07, 6.45) is 0. The van der Waals surface area contributed by atoms with Crippen molar-refractivity contribution in [2.45, 2.75) is 26.4 Å². The Morgan fingerprint density at radius 1 is 1.43 bits per heavy atom. The lowest BCUT2D eigenvalue weighted by molar-refractivity contribution is 0.731. The van der Waals surface area contributed by atoms with Gasteiger partial charge in [0.2, 0.25) is 0 Å². The van der Waals surface area contributed by atoms with E-state index in [-0.39, 0.29) is 0 Å². The van der Waals surface area contributed by atoms with Crippen molar-refractivity contribution in [1.29, 1.82) is 0 Å². The molecule has 0 unspecified atom stereocenters. The maximum atomic E-state index is 4.55. The maximum absolute atomic E-state index is 4.55. The first-order valence-corrected chi connectivity index (χ1v) is 4.98. The van der Waals surface area contributed by atoms with Crippen molar-refractivity contribution in [3.8, 4) is 0 Å². The summed E-state index contributed by atoms with van der Waals surface area (Å²) in [5, 5.41) is 3.10. The molecule has 0 aliphatic heterocycles. The van der Waals surface area contributed by atoms with Gasteiger partial charge in [-0.2, -0.15) is 0 Å². The van der Waals surface area contributed by atoms with Gasteiger partial charge in [0.15, 0.2) is 0 Å². The van der Waals surface area contributed by atoms with Crippen molar-refractivity contribution in [3.63, 3.8) is 0 Å². The quantitative estimate of drug-likeness (QED) is 0.788. The Hall–Kier alpha value is -1.09. The number of hydrogen-bond donors (Lipinski definition) is 1. The molecule has 0 aliphatic carbocycles. The summed E-state index contributed by atoms with van der Waals surface area (Å²) >= 11 is 0. The second kappa shape index (κ2) is 4.96. The van der Waals surface area contributed by atoms with Gasteiger partial charge in [-0.15, -0.1) is 0 Å².